The summed E-state index contributed by atoms with van der Waals surface area (Å²) in [5.74, 6) is 0.194. The SMILES string of the molecule is CCC(C)NC(=O)CN1CCN(C(=O)c2sccc2C)CC1. The number of piperazine rings is 1. The molecule has 1 unspecified atom stereocenters. The smallest absolute Gasteiger partial charge is 0.264 e. The summed E-state index contributed by atoms with van der Waals surface area (Å²) < 4.78 is 0. The van der Waals surface area contributed by atoms with E-state index in [2.05, 4.69) is 17.1 Å². The maximum absolute atomic E-state index is 12.4. The zero-order valence-corrected chi connectivity index (χ0v) is 14.4. The zero-order chi connectivity index (χ0) is 16.1. The van der Waals surface area contributed by atoms with Crippen LogP contribution >= 0.6 is 11.3 Å². The number of carbonyl (C=O) groups excluding carboxylic acids is 2. The van der Waals surface area contributed by atoms with Gasteiger partial charge in [-0.3, -0.25) is 14.5 Å². The molecule has 0 aliphatic carbocycles. The van der Waals surface area contributed by atoms with Gasteiger partial charge in [0.15, 0.2) is 0 Å². The largest absolute Gasteiger partial charge is 0.353 e. The molecule has 0 spiro atoms. The molecular formula is C16H25N3O2S. The molecule has 0 aromatic carbocycles. The summed E-state index contributed by atoms with van der Waals surface area (Å²) in [5.41, 5.74) is 1.05. The Morgan fingerprint density at radius 2 is 2.00 bits per heavy atom. The van der Waals surface area contributed by atoms with E-state index < -0.39 is 0 Å². The minimum atomic E-state index is 0.0724. The van der Waals surface area contributed by atoms with Gasteiger partial charge in [-0.05, 0) is 37.3 Å². The Labute approximate surface area is 136 Å². The third kappa shape index (κ3) is 4.30. The van der Waals surface area contributed by atoms with Crippen LogP contribution < -0.4 is 5.32 Å². The number of thiophene rings is 1. The molecule has 6 heteroatoms. The molecule has 1 saturated heterocycles. The monoisotopic (exact) mass is 323 g/mol. The van der Waals surface area contributed by atoms with Crippen molar-refractivity contribution in [3.8, 4) is 0 Å². The van der Waals surface area contributed by atoms with Crippen LogP contribution in [0.1, 0.15) is 35.5 Å². The molecule has 1 fully saturated rings. The van der Waals surface area contributed by atoms with Crippen molar-refractivity contribution in [2.45, 2.75) is 33.2 Å². The molecule has 2 rings (SSSR count). The highest BCUT2D eigenvalue weighted by atomic mass is 32.1. The highest BCUT2D eigenvalue weighted by Gasteiger charge is 2.24. The second-order valence-corrected chi connectivity index (χ2v) is 6.79. The van der Waals surface area contributed by atoms with Gasteiger partial charge in [0.25, 0.3) is 5.91 Å². The van der Waals surface area contributed by atoms with Crippen molar-refractivity contribution in [3.63, 3.8) is 0 Å². The molecule has 5 nitrogen and oxygen atoms in total. The summed E-state index contributed by atoms with van der Waals surface area (Å²) in [4.78, 5) is 29.2. The van der Waals surface area contributed by atoms with Crippen LogP contribution in [0.5, 0.6) is 0 Å². The fourth-order valence-corrected chi connectivity index (χ4v) is 3.36. The van der Waals surface area contributed by atoms with Crippen LogP contribution in [0.2, 0.25) is 0 Å². The number of amides is 2. The Hall–Kier alpha value is -1.40. The average Bonchev–Trinajstić information content (AvgIpc) is 2.93. The fourth-order valence-electron chi connectivity index (χ4n) is 2.47. The number of hydrogen-bond acceptors (Lipinski definition) is 4. The summed E-state index contributed by atoms with van der Waals surface area (Å²) in [6.07, 6.45) is 0.939. The van der Waals surface area contributed by atoms with E-state index in [1.807, 2.05) is 30.2 Å². The van der Waals surface area contributed by atoms with Gasteiger partial charge >= 0.3 is 0 Å². The van der Waals surface area contributed by atoms with E-state index in [0.29, 0.717) is 19.6 Å². The first-order chi connectivity index (χ1) is 10.5. The van der Waals surface area contributed by atoms with Crippen molar-refractivity contribution >= 4 is 23.2 Å². The fraction of sp³-hybridized carbons (Fsp3) is 0.625. The topological polar surface area (TPSA) is 52.7 Å². The van der Waals surface area contributed by atoms with Gasteiger partial charge in [0.1, 0.15) is 0 Å². The van der Waals surface area contributed by atoms with Crippen LogP contribution in [-0.4, -0.2) is 60.4 Å². The van der Waals surface area contributed by atoms with Crippen LogP contribution in [0, 0.1) is 6.92 Å². The molecule has 0 bridgehead atoms. The van der Waals surface area contributed by atoms with Crippen molar-refractivity contribution in [2.75, 3.05) is 32.7 Å². The second kappa shape index (κ2) is 7.74. The van der Waals surface area contributed by atoms with E-state index in [1.165, 1.54) is 11.3 Å². The van der Waals surface area contributed by atoms with E-state index in [0.717, 1.165) is 30.0 Å². The standard InChI is InChI=1S/C16H25N3O2S/c1-4-13(3)17-14(20)11-18-6-8-19(9-7-18)16(21)15-12(2)5-10-22-15/h5,10,13H,4,6-9,11H2,1-3H3,(H,17,20). The summed E-state index contributed by atoms with van der Waals surface area (Å²) in [5, 5.41) is 4.94. The van der Waals surface area contributed by atoms with Crippen LogP contribution in [0.15, 0.2) is 11.4 Å². The lowest BCUT2D eigenvalue weighted by molar-refractivity contribution is -0.123. The molecule has 1 aliphatic heterocycles. The normalized spacial score (nSPS) is 17.3. The maximum atomic E-state index is 12.4. The summed E-state index contributed by atoms with van der Waals surface area (Å²) in [6, 6.07) is 2.20. The Morgan fingerprint density at radius 3 is 2.55 bits per heavy atom. The van der Waals surface area contributed by atoms with Gasteiger partial charge in [0, 0.05) is 32.2 Å². The molecule has 1 atom stereocenters. The minimum Gasteiger partial charge on any atom is -0.353 e. The lowest BCUT2D eigenvalue weighted by Gasteiger charge is -2.34. The number of hydrogen-bond donors (Lipinski definition) is 1. The Morgan fingerprint density at radius 1 is 1.32 bits per heavy atom. The van der Waals surface area contributed by atoms with E-state index in [1.54, 1.807) is 0 Å². The van der Waals surface area contributed by atoms with Crippen LogP contribution in [0.4, 0.5) is 0 Å². The van der Waals surface area contributed by atoms with E-state index >= 15 is 0 Å². The van der Waals surface area contributed by atoms with Gasteiger partial charge in [-0.2, -0.15) is 0 Å². The molecule has 1 aliphatic rings. The third-order valence-electron chi connectivity index (χ3n) is 4.10. The summed E-state index contributed by atoms with van der Waals surface area (Å²) in [6.45, 7) is 9.34. The van der Waals surface area contributed by atoms with E-state index in [4.69, 9.17) is 0 Å². The first kappa shape index (κ1) is 17.0. The Kier molecular flexibility index (Phi) is 5.97. The van der Waals surface area contributed by atoms with E-state index in [-0.39, 0.29) is 17.9 Å². The highest BCUT2D eigenvalue weighted by molar-refractivity contribution is 7.12. The predicted molar refractivity (Wildman–Crippen MR) is 89.3 cm³/mol. The Balaban J connectivity index is 1.79. The number of rotatable bonds is 5. The molecule has 2 amide bonds. The van der Waals surface area contributed by atoms with Crippen molar-refractivity contribution in [1.82, 2.24) is 15.1 Å². The summed E-state index contributed by atoms with van der Waals surface area (Å²) in [7, 11) is 0. The second-order valence-electron chi connectivity index (χ2n) is 5.88. The van der Waals surface area contributed by atoms with Gasteiger partial charge in [-0.1, -0.05) is 6.92 Å². The van der Waals surface area contributed by atoms with Crippen LogP contribution in [0.25, 0.3) is 0 Å². The average molecular weight is 323 g/mol. The lowest BCUT2D eigenvalue weighted by atomic mass is 10.2. The van der Waals surface area contributed by atoms with Crippen molar-refractivity contribution in [3.05, 3.63) is 21.9 Å². The Bertz CT molecular complexity index is 521. The first-order valence-corrected chi connectivity index (χ1v) is 8.74. The van der Waals surface area contributed by atoms with Crippen molar-refractivity contribution in [2.24, 2.45) is 0 Å². The minimum absolute atomic E-state index is 0.0724. The molecular weight excluding hydrogens is 298 g/mol. The predicted octanol–water partition coefficient (Wildman–Crippen LogP) is 1.73. The molecule has 0 saturated carbocycles. The van der Waals surface area contributed by atoms with Gasteiger partial charge in [-0.15, -0.1) is 11.3 Å². The summed E-state index contributed by atoms with van der Waals surface area (Å²) >= 11 is 1.50. The molecule has 2 heterocycles. The molecule has 1 N–H and O–H groups in total. The van der Waals surface area contributed by atoms with Crippen molar-refractivity contribution < 1.29 is 9.59 Å². The van der Waals surface area contributed by atoms with Crippen LogP contribution in [-0.2, 0) is 4.79 Å². The quantitative estimate of drug-likeness (QED) is 0.898. The first-order valence-electron chi connectivity index (χ1n) is 7.86. The zero-order valence-electron chi connectivity index (χ0n) is 13.6. The molecule has 1 aromatic heterocycles. The van der Waals surface area contributed by atoms with Crippen molar-refractivity contribution in [1.29, 1.82) is 0 Å². The van der Waals surface area contributed by atoms with Crippen LogP contribution in [0.3, 0.4) is 0 Å². The number of aryl methyl sites for hydroxylation is 1. The number of nitrogens with one attached hydrogen (secondary N) is 1. The van der Waals surface area contributed by atoms with Gasteiger partial charge in [0.2, 0.25) is 5.91 Å². The highest BCUT2D eigenvalue weighted by Crippen LogP contribution is 2.18. The van der Waals surface area contributed by atoms with Gasteiger partial charge in [0.05, 0.1) is 11.4 Å². The third-order valence-corrected chi connectivity index (χ3v) is 5.11. The molecule has 22 heavy (non-hydrogen) atoms. The van der Waals surface area contributed by atoms with Gasteiger partial charge in [-0.25, -0.2) is 0 Å². The number of nitrogens with zero attached hydrogens (tertiary/aromatic N) is 2. The number of carbonyl (C=O) groups is 2. The molecule has 1 aromatic rings. The van der Waals surface area contributed by atoms with E-state index in [9.17, 15) is 9.59 Å². The lowest BCUT2D eigenvalue weighted by Crippen LogP contribution is -2.51. The molecule has 122 valence electrons. The maximum Gasteiger partial charge on any atom is 0.264 e. The molecule has 0 radical (unpaired) electrons. The van der Waals surface area contributed by atoms with Gasteiger partial charge < -0.3 is 10.2 Å².